The van der Waals surface area contributed by atoms with Gasteiger partial charge in [-0.25, -0.2) is 14.6 Å². The molecule has 0 aromatic carbocycles. The van der Waals surface area contributed by atoms with E-state index in [1.54, 1.807) is 12.0 Å². The maximum atomic E-state index is 14.7. The Hall–Kier alpha value is -3.63. The molecule has 0 spiro atoms. The Morgan fingerprint density at radius 2 is 1.86 bits per heavy atom. The van der Waals surface area contributed by atoms with Crippen molar-refractivity contribution in [3.8, 4) is 0 Å². The Kier molecular flexibility index (Phi) is 10.7. The Balaban J connectivity index is 1.59. The average Bonchev–Trinajstić information content (AvgIpc) is 3.62. The van der Waals surface area contributed by atoms with Gasteiger partial charge in [0.2, 0.25) is 11.8 Å². The summed E-state index contributed by atoms with van der Waals surface area (Å²) in [6.45, 7) is 17.5. The minimum Gasteiger partial charge on any atom is -0.497 e. The number of fused-ring (bicyclic) bond motifs is 5. The first-order chi connectivity index (χ1) is 22.9. The summed E-state index contributed by atoms with van der Waals surface area (Å²) < 4.78 is 24.1. The third-order valence-electron chi connectivity index (χ3n) is 9.73. The van der Waals surface area contributed by atoms with Crippen LogP contribution in [-0.2, 0) is 28.5 Å². The van der Waals surface area contributed by atoms with Crippen molar-refractivity contribution in [2.75, 3.05) is 13.7 Å². The van der Waals surface area contributed by atoms with E-state index in [2.05, 4.69) is 32.2 Å². The second-order valence-corrected chi connectivity index (χ2v) is 16.7. The van der Waals surface area contributed by atoms with E-state index in [1.165, 1.54) is 0 Å². The van der Waals surface area contributed by atoms with Crippen molar-refractivity contribution in [2.24, 2.45) is 39.1 Å². The van der Waals surface area contributed by atoms with Gasteiger partial charge in [0.25, 0.3) is 0 Å². The number of nitrogens with zero attached hydrogens (tertiary/aromatic N) is 3. The fourth-order valence-electron chi connectivity index (χ4n) is 7.21. The van der Waals surface area contributed by atoms with Crippen molar-refractivity contribution in [3.05, 3.63) is 35.8 Å². The molecule has 2 amide bonds. The van der Waals surface area contributed by atoms with E-state index < -0.39 is 47.2 Å². The summed E-state index contributed by atoms with van der Waals surface area (Å²) >= 11 is 0. The minimum absolute atomic E-state index is 0.0652. The van der Waals surface area contributed by atoms with Gasteiger partial charge in [-0.3, -0.25) is 9.79 Å². The number of nitrogens with one attached hydrogen (secondary N) is 1. The highest BCUT2D eigenvalue weighted by molar-refractivity contribution is 6.44. The SMILES string of the molecule is COC1=CC(C)C2N=C3/C=C/CCC[C@@H]4C[C@H]4OC(=O)N[C@@H](C(C)(C)C)C(=O)N4C[C@H](OC3=NC2=C1)[C@@H](CC(C)C)[C@H]4C(=O)OC(C)(C)C. The van der Waals surface area contributed by atoms with E-state index in [-0.39, 0.29) is 36.4 Å². The molecule has 3 aliphatic heterocycles. The number of rotatable bonds is 4. The van der Waals surface area contributed by atoms with Crippen molar-refractivity contribution in [1.29, 1.82) is 0 Å². The summed E-state index contributed by atoms with van der Waals surface area (Å²) in [6, 6.07) is -2.09. The lowest BCUT2D eigenvalue weighted by atomic mass is 9.85. The molecule has 1 saturated carbocycles. The molecule has 11 nitrogen and oxygen atoms in total. The first-order valence-corrected chi connectivity index (χ1v) is 17.9. The Morgan fingerprint density at radius 3 is 2.51 bits per heavy atom. The maximum Gasteiger partial charge on any atom is 0.408 e. The monoisotopic (exact) mass is 680 g/mol. The molecule has 2 unspecified atom stereocenters. The van der Waals surface area contributed by atoms with Crippen LogP contribution in [0.5, 0.6) is 0 Å². The zero-order valence-corrected chi connectivity index (χ0v) is 30.9. The normalized spacial score (nSPS) is 33.0. The van der Waals surface area contributed by atoms with Crippen LogP contribution in [-0.4, -0.2) is 84.1 Å². The fraction of sp³-hybridized carbons (Fsp3) is 0.711. The highest BCUT2D eigenvalue weighted by Crippen LogP contribution is 2.40. The van der Waals surface area contributed by atoms with Crippen molar-refractivity contribution < 1.29 is 33.3 Å². The number of carbonyl (C=O) groups is 3. The first kappa shape index (κ1) is 36.6. The predicted molar refractivity (Wildman–Crippen MR) is 188 cm³/mol. The molecule has 0 radical (unpaired) electrons. The molecule has 3 heterocycles. The van der Waals surface area contributed by atoms with Crippen molar-refractivity contribution in [3.63, 3.8) is 0 Å². The number of allylic oxidation sites excluding steroid dienone is 2. The zero-order valence-electron chi connectivity index (χ0n) is 30.9. The summed E-state index contributed by atoms with van der Waals surface area (Å²) in [7, 11) is 1.64. The number of aliphatic imine (C=N–C) groups is 2. The van der Waals surface area contributed by atoms with Gasteiger partial charge in [0.1, 0.15) is 41.4 Å². The van der Waals surface area contributed by atoms with E-state index in [0.717, 1.165) is 37.1 Å². The van der Waals surface area contributed by atoms with Crippen LogP contribution in [0.1, 0.15) is 94.4 Å². The molecule has 1 saturated heterocycles. The fourth-order valence-corrected chi connectivity index (χ4v) is 7.21. The van der Waals surface area contributed by atoms with Crippen molar-refractivity contribution >= 4 is 29.6 Å². The number of carbonyl (C=O) groups excluding carboxylic acids is 3. The molecule has 0 aromatic rings. The molecular formula is C38H56N4O7. The Labute approximate surface area is 291 Å². The van der Waals surface area contributed by atoms with E-state index in [1.807, 2.05) is 59.8 Å². The highest BCUT2D eigenvalue weighted by Gasteiger charge is 2.53. The van der Waals surface area contributed by atoms with E-state index in [0.29, 0.717) is 23.9 Å². The summed E-state index contributed by atoms with van der Waals surface area (Å²) in [5, 5.41) is 2.88. The zero-order chi connectivity index (χ0) is 35.8. The number of methoxy groups -OCH3 is 1. The molecule has 11 heteroatoms. The molecule has 2 aliphatic carbocycles. The average molecular weight is 681 g/mol. The molecule has 2 bridgehead atoms. The molecule has 5 rings (SSSR count). The largest absolute Gasteiger partial charge is 0.497 e. The van der Waals surface area contributed by atoms with Crippen molar-refractivity contribution in [2.45, 2.75) is 130 Å². The lowest BCUT2D eigenvalue weighted by molar-refractivity contribution is -0.165. The van der Waals surface area contributed by atoms with Crippen LogP contribution < -0.4 is 5.32 Å². The third-order valence-corrected chi connectivity index (χ3v) is 9.73. The number of hydrogen-bond acceptors (Lipinski definition) is 9. The second kappa shape index (κ2) is 14.3. The number of ether oxygens (including phenoxy) is 4. The smallest absolute Gasteiger partial charge is 0.408 e. The summed E-state index contributed by atoms with van der Waals surface area (Å²) in [5.41, 5.74) is -0.0883. The standard InChI is InChI=1S/C38H56N4O7/c1-21(2)16-25-29-20-42(31(25)35(44)49-38(7,8)9)34(43)32(37(4,5)6)41-36(45)48-28-18-23(28)14-12-11-13-15-26-33(47-29)40-27-19-24(46-10)17-22(3)30(27)39-26/h13,15,17,19,21-23,25,28-32H,11-12,14,16,18,20H2,1-10H3,(H,41,45)/b15-13+/t22?,23-,25-,28-,29+,30?,31+,32-/m1/s1. The molecule has 270 valence electrons. The Morgan fingerprint density at radius 1 is 1.12 bits per heavy atom. The third kappa shape index (κ3) is 8.76. The predicted octanol–water partition coefficient (Wildman–Crippen LogP) is 6.14. The van der Waals surface area contributed by atoms with Crippen LogP contribution in [0, 0.1) is 29.1 Å². The van der Waals surface area contributed by atoms with Crippen LogP contribution in [0.4, 0.5) is 4.79 Å². The van der Waals surface area contributed by atoms with Gasteiger partial charge in [0.05, 0.1) is 25.4 Å². The lowest BCUT2D eigenvalue weighted by Crippen LogP contribution is -2.58. The minimum atomic E-state index is -0.958. The maximum absolute atomic E-state index is 14.7. The molecule has 1 N–H and O–H groups in total. The van der Waals surface area contributed by atoms with Crippen molar-refractivity contribution in [1.82, 2.24) is 10.2 Å². The van der Waals surface area contributed by atoms with Gasteiger partial charge < -0.3 is 29.2 Å². The van der Waals surface area contributed by atoms with E-state index in [4.69, 9.17) is 28.9 Å². The number of hydrogen-bond donors (Lipinski definition) is 1. The second-order valence-electron chi connectivity index (χ2n) is 16.7. The van der Waals surface area contributed by atoms with Gasteiger partial charge >= 0.3 is 12.1 Å². The van der Waals surface area contributed by atoms with Crippen LogP contribution >= 0.6 is 0 Å². The number of alkyl carbamates (subject to hydrolysis) is 1. The van der Waals surface area contributed by atoms with Crippen LogP contribution in [0.2, 0.25) is 0 Å². The van der Waals surface area contributed by atoms with Crippen LogP contribution in [0.25, 0.3) is 0 Å². The van der Waals surface area contributed by atoms with E-state index in [9.17, 15) is 14.4 Å². The molecule has 8 atom stereocenters. The number of esters is 1. The summed E-state index contributed by atoms with van der Waals surface area (Å²) in [5.74, 6) is 0.309. The Bertz CT molecular complexity index is 1450. The molecule has 2 fully saturated rings. The number of amides is 2. The van der Waals surface area contributed by atoms with Gasteiger partial charge in [-0.05, 0) is 82.3 Å². The van der Waals surface area contributed by atoms with Crippen LogP contribution in [0.15, 0.2) is 45.7 Å². The highest BCUT2D eigenvalue weighted by atomic mass is 16.6. The van der Waals surface area contributed by atoms with E-state index >= 15 is 0 Å². The summed E-state index contributed by atoms with van der Waals surface area (Å²) in [6.07, 6.45) is 10.7. The quantitative estimate of drug-likeness (QED) is 0.353. The molecular weight excluding hydrogens is 624 g/mol. The van der Waals surface area contributed by atoms with Gasteiger partial charge in [0.15, 0.2) is 0 Å². The van der Waals surface area contributed by atoms with Gasteiger partial charge in [-0.2, -0.15) is 0 Å². The molecule has 49 heavy (non-hydrogen) atoms. The molecule has 0 aromatic heterocycles. The van der Waals surface area contributed by atoms with Gasteiger partial charge in [-0.1, -0.05) is 47.6 Å². The lowest BCUT2D eigenvalue weighted by Gasteiger charge is -2.36. The van der Waals surface area contributed by atoms with Crippen LogP contribution in [0.3, 0.4) is 0 Å². The molecule has 5 aliphatic rings. The van der Waals surface area contributed by atoms with Gasteiger partial charge in [0, 0.05) is 17.9 Å². The first-order valence-electron chi connectivity index (χ1n) is 17.9. The van der Waals surface area contributed by atoms with Gasteiger partial charge in [-0.15, -0.1) is 0 Å². The summed E-state index contributed by atoms with van der Waals surface area (Å²) in [4.78, 5) is 53.7. The topological polar surface area (TPSA) is 128 Å².